The topological polar surface area (TPSA) is 106 Å². The Hall–Kier alpha value is -3.15. The number of amides is 1. The number of anilines is 1. The molecule has 0 radical (unpaired) electrons. The van der Waals surface area contributed by atoms with Gasteiger partial charge in [0.25, 0.3) is 5.91 Å². The summed E-state index contributed by atoms with van der Waals surface area (Å²) in [7, 11) is -3.92. The number of aryl methyl sites for hydroxylation is 1. The molecule has 0 atom stereocenters. The normalized spacial score (nSPS) is 16.9. The number of ether oxygens (including phenoxy) is 1. The average molecular weight is 500 g/mol. The predicted octanol–water partition coefficient (Wildman–Crippen LogP) is 3.08. The van der Waals surface area contributed by atoms with Gasteiger partial charge in [-0.1, -0.05) is 18.6 Å². The zero-order valence-corrected chi connectivity index (χ0v) is 19.9. The lowest BCUT2D eigenvalue weighted by molar-refractivity contribution is 0.0730. The maximum absolute atomic E-state index is 14.7. The summed E-state index contributed by atoms with van der Waals surface area (Å²) in [6, 6.07) is 10.3. The maximum atomic E-state index is 14.7. The number of hydrogen-bond acceptors (Lipinski definition) is 6. The van der Waals surface area contributed by atoms with Gasteiger partial charge in [0.15, 0.2) is 5.82 Å². The number of nitrogens with zero attached hydrogens (tertiary/aromatic N) is 4. The zero-order valence-electron chi connectivity index (χ0n) is 19.1. The number of morpholine rings is 1. The molecule has 1 fully saturated rings. The molecule has 0 aliphatic carbocycles. The fraction of sp³-hybridized carbons (Fsp3) is 0.375. The Morgan fingerprint density at radius 2 is 1.80 bits per heavy atom. The number of halogens is 1. The molecule has 0 bridgehead atoms. The molecular weight excluding hydrogens is 473 g/mol. The van der Waals surface area contributed by atoms with Crippen molar-refractivity contribution in [1.29, 1.82) is 0 Å². The SMILES string of the molecule is O=C(Nc1cc(-c2nnc3n2CCCCC3)ccc1F)c1ccccc1S(=O)(=O)N1CCOCC1. The summed E-state index contributed by atoms with van der Waals surface area (Å²) in [4.78, 5) is 13.0. The first kappa shape index (κ1) is 23.6. The van der Waals surface area contributed by atoms with Crippen molar-refractivity contribution in [2.45, 2.75) is 37.1 Å². The molecule has 3 heterocycles. The molecule has 0 unspecified atom stereocenters. The molecule has 1 aromatic heterocycles. The molecule has 11 heteroatoms. The molecule has 2 aliphatic rings. The summed E-state index contributed by atoms with van der Waals surface area (Å²) < 4.78 is 49.7. The van der Waals surface area contributed by atoms with Crippen molar-refractivity contribution < 1.29 is 22.3 Å². The van der Waals surface area contributed by atoms with Crippen molar-refractivity contribution in [3.05, 3.63) is 59.7 Å². The van der Waals surface area contributed by atoms with E-state index in [0.29, 0.717) is 11.4 Å². The van der Waals surface area contributed by atoms with Crippen molar-refractivity contribution >= 4 is 21.6 Å². The number of nitrogens with one attached hydrogen (secondary N) is 1. The Morgan fingerprint density at radius 3 is 2.63 bits per heavy atom. The average Bonchev–Trinajstić information content (AvgIpc) is 3.13. The van der Waals surface area contributed by atoms with Crippen molar-refractivity contribution in [3.8, 4) is 11.4 Å². The summed E-state index contributed by atoms with van der Waals surface area (Å²) in [5.74, 6) is 0.169. The molecule has 0 saturated carbocycles. The summed E-state index contributed by atoms with van der Waals surface area (Å²) in [6.07, 6.45) is 4.01. The number of fused-ring (bicyclic) bond motifs is 1. The summed E-state index contributed by atoms with van der Waals surface area (Å²) >= 11 is 0. The first-order chi connectivity index (χ1) is 16.9. The molecule has 1 amide bonds. The molecule has 184 valence electrons. The number of sulfonamides is 1. The molecule has 1 N–H and O–H groups in total. The molecule has 3 aromatic rings. The van der Waals surface area contributed by atoms with E-state index in [2.05, 4.69) is 15.5 Å². The van der Waals surface area contributed by atoms with Gasteiger partial charge in [-0.15, -0.1) is 10.2 Å². The summed E-state index contributed by atoms with van der Waals surface area (Å²) in [5, 5.41) is 11.1. The van der Waals surface area contributed by atoms with Gasteiger partial charge >= 0.3 is 0 Å². The zero-order chi connectivity index (χ0) is 24.4. The van der Waals surface area contributed by atoms with Crippen LogP contribution in [-0.2, 0) is 27.7 Å². The minimum Gasteiger partial charge on any atom is -0.379 e. The van der Waals surface area contributed by atoms with Gasteiger partial charge in [0, 0.05) is 31.6 Å². The molecule has 0 spiro atoms. The monoisotopic (exact) mass is 499 g/mol. The van der Waals surface area contributed by atoms with Gasteiger partial charge in [-0.05, 0) is 43.2 Å². The highest BCUT2D eigenvalue weighted by molar-refractivity contribution is 7.89. The van der Waals surface area contributed by atoms with E-state index in [1.54, 1.807) is 18.2 Å². The van der Waals surface area contributed by atoms with Crippen LogP contribution in [0.3, 0.4) is 0 Å². The van der Waals surface area contributed by atoms with E-state index in [0.717, 1.165) is 38.1 Å². The largest absolute Gasteiger partial charge is 0.379 e. The van der Waals surface area contributed by atoms with Crippen LogP contribution in [0.5, 0.6) is 0 Å². The standard InChI is InChI=1S/C24H26FN5O4S/c25-19-10-9-17(23-28-27-22-8-2-1-5-11-30(22)23)16-20(19)26-24(31)18-6-3-4-7-21(18)35(32,33)29-12-14-34-15-13-29/h3-4,6-7,9-10,16H,1-2,5,8,11-15H2,(H,26,31). The number of carbonyl (C=O) groups is 1. The van der Waals surface area contributed by atoms with Crippen LogP contribution in [0.15, 0.2) is 47.4 Å². The Balaban J connectivity index is 1.44. The second kappa shape index (κ2) is 9.84. The Kier molecular flexibility index (Phi) is 6.63. The van der Waals surface area contributed by atoms with Crippen LogP contribution >= 0.6 is 0 Å². The van der Waals surface area contributed by atoms with Crippen molar-refractivity contribution in [2.75, 3.05) is 31.6 Å². The quantitative estimate of drug-likeness (QED) is 0.578. The van der Waals surface area contributed by atoms with E-state index in [1.165, 1.54) is 28.6 Å². The predicted molar refractivity (Wildman–Crippen MR) is 127 cm³/mol. The number of rotatable bonds is 5. The van der Waals surface area contributed by atoms with Crippen LogP contribution in [0.2, 0.25) is 0 Å². The second-order valence-electron chi connectivity index (χ2n) is 8.56. The van der Waals surface area contributed by atoms with E-state index in [9.17, 15) is 17.6 Å². The maximum Gasteiger partial charge on any atom is 0.257 e. The molecule has 5 rings (SSSR count). The van der Waals surface area contributed by atoms with Crippen LogP contribution in [0.1, 0.15) is 35.4 Å². The van der Waals surface area contributed by atoms with Gasteiger partial charge in [0.05, 0.1) is 29.4 Å². The van der Waals surface area contributed by atoms with Gasteiger partial charge < -0.3 is 14.6 Å². The molecule has 1 saturated heterocycles. The molecule has 9 nitrogen and oxygen atoms in total. The summed E-state index contributed by atoms with van der Waals surface area (Å²) in [6.45, 7) is 1.77. The third-order valence-electron chi connectivity index (χ3n) is 6.30. The highest BCUT2D eigenvalue weighted by Crippen LogP contribution is 2.28. The summed E-state index contributed by atoms with van der Waals surface area (Å²) in [5.41, 5.74) is 0.508. The Labute approximate surface area is 203 Å². The van der Waals surface area contributed by atoms with E-state index in [-0.39, 0.29) is 42.4 Å². The molecule has 2 aliphatic heterocycles. The van der Waals surface area contributed by atoms with E-state index >= 15 is 0 Å². The van der Waals surface area contributed by atoms with E-state index < -0.39 is 21.7 Å². The van der Waals surface area contributed by atoms with Gasteiger partial charge in [0.2, 0.25) is 10.0 Å². The molecule has 35 heavy (non-hydrogen) atoms. The fourth-order valence-corrected chi connectivity index (χ4v) is 6.05. The van der Waals surface area contributed by atoms with Gasteiger partial charge in [0.1, 0.15) is 11.6 Å². The highest BCUT2D eigenvalue weighted by atomic mass is 32.2. The second-order valence-corrected chi connectivity index (χ2v) is 10.5. The lowest BCUT2D eigenvalue weighted by atomic mass is 10.1. The number of carbonyl (C=O) groups excluding carboxylic acids is 1. The lowest BCUT2D eigenvalue weighted by Crippen LogP contribution is -2.41. The highest BCUT2D eigenvalue weighted by Gasteiger charge is 2.30. The molecule has 2 aromatic carbocycles. The van der Waals surface area contributed by atoms with Crippen molar-refractivity contribution in [1.82, 2.24) is 19.1 Å². The first-order valence-corrected chi connectivity index (χ1v) is 13.1. The van der Waals surface area contributed by atoms with Crippen molar-refractivity contribution in [2.24, 2.45) is 0 Å². The van der Waals surface area contributed by atoms with Gasteiger partial charge in [-0.25, -0.2) is 12.8 Å². The van der Waals surface area contributed by atoms with Gasteiger partial charge in [-0.2, -0.15) is 4.31 Å². The van der Waals surface area contributed by atoms with Crippen molar-refractivity contribution in [3.63, 3.8) is 0 Å². The third kappa shape index (κ3) is 4.71. The Bertz CT molecular complexity index is 1350. The van der Waals surface area contributed by atoms with Crippen LogP contribution in [0, 0.1) is 5.82 Å². The van der Waals surface area contributed by atoms with Crippen LogP contribution < -0.4 is 5.32 Å². The minimum atomic E-state index is -3.92. The van der Waals surface area contributed by atoms with Crippen LogP contribution in [-0.4, -0.2) is 59.7 Å². The Morgan fingerprint density at radius 1 is 1.00 bits per heavy atom. The third-order valence-corrected chi connectivity index (χ3v) is 8.26. The van der Waals surface area contributed by atoms with E-state index in [4.69, 9.17) is 4.74 Å². The number of hydrogen-bond donors (Lipinski definition) is 1. The molecular formula is C24H26FN5O4S. The van der Waals surface area contributed by atoms with Gasteiger partial charge in [-0.3, -0.25) is 4.79 Å². The first-order valence-electron chi connectivity index (χ1n) is 11.7. The fourth-order valence-electron chi connectivity index (χ4n) is 4.45. The number of benzene rings is 2. The minimum absolute atomic E-state index is 0.0554. The smallest absolute Gasteiger partial charge is 0.257 e. The lowest BCUT2D eigenvalue weighted by Gasteiger charge is -2.26. The van der Waals surface area contributed by atoms with Crippen LogP contribution in [0.4, 0.5) is 10.1 Å². The number of aromatic nitrogens is 3. The van der Waals surface area contributed by atoms with E-state index in [1.807, 2.05) is 4.57 Å². The van der Waals surface area contributed by atoms with Crippen LogP contribution in [0.25, 0.3) is 11.4 Å².